The number of anilines is 1. The van der Waals surface area contributed by atoms with Gasteiger partial charge >= 0.3 is 6.09 Å². The lowest BCUT2D eigenvalue weighted by atomic mass is 10.1. The minimum absolute atomic E-state index is 0.0543. The zero-order valence-electron chi connectivity index (χ0n) is 18.2. The van der Waals surface area contributed by atoms with Crippen molar-refractivity contribution in [2.45, 2.75) is 40.2 Å². The van der Waals surface area contributed by atoms with Crippen LogP contribution in [0.1, 0.15) is 45.0 Å². The first-order valence-corrected chi connectivity index (χ1v) is 9.84. The molecular weight excluding hydrogens is 386 g/mol. The molecule has 1 aromatic rings. The molecule has 1 fully saturated rings. The molecule has 8 heteroatoms. The molecule has 1 N–H and O–H groups in total. The van der Waals surface area contributed by atoms with Crippen molar-refractivity contribution in [2.75, 3.05) is 31.5 Å². The number of amides is 3. The summed E-state index contributed by atoms with van der Waals surface area (Å²) in [6, 6.07) is 6.54. The van der Waals surface area contributed by atoms with E-state index < -0.39 is 17.6 Å². The number of hydrogen-bond acceptors (Lipinski definition) is 5. The number of piperazine rings is 1. The fraction of sp³-hybridized carbons (Fsp3) is 0.455. The summed E-state index contributed by atoms with van der Waals surface area (Å²) in [5.74, 6) is -0.731. The van der Waals surface area contributed by atoms with Gasteiger partial charge in [-0.2, -0.15) is 0 Å². The van der Waals surface area contributed by atoms with Crippen molar-refractivity contribution in [1.82, 2.24) is 9.80 Å². The van der Waals surface area contributed by atoms with Crippen LogP contribution >= 0.6 is 0 Å². The Balaban J connectivity index is 1.89. The molecule has 8 nitrogen and oxygen atoms in total. The summed E-state index contributed by atoms with van der Waals surface area (Å²) >= 11 is 0. The number of hydrogen-bond donors (Lipinski definition) is 1. The van der Waals surface area contributed by atoms with Gasteiger partial charge in [0, 0.05) is 49.1 Å². The number of nitrogens with zero attached hydrogens (tertiary/aromatic N) is 2. The highest BCUT2D eigenvalue weighted by Gasteiger charge is 2.27. The molecule has 30 heavy (non-hydrogen) atoms. The highest BCUT2D eigenvalue weighted by Crippen LogP contribution is 2.14. The van der Waals surface area contributed by atoms with E-state index in [0.29, 0.717) is 37.4 Å². The summed E-state index contributed by atoms with van der Waals surface area (Å²) in [6.07, 6.45) is 0.902. The Hall–Kier alpha value is -3.16. The van der Waals surface area contributed by atoms with Gasteiger partial charge in [-0.1, -0.05) is 0 Å². The van der Waals surface area contributed by atoms with Crippen LogP contribution in [0.4, 0.5) is 10.5 Å². The van der Waals surface area contributed by atoms with E-state index in [2.05, 4.69) is 5.32 Å². The van der Waals surface area contributed by atoms with Crippen LogP contribution in [-0.2, 0) is 14.3 Å². The molecule has 2 rings (SSSR count). The van der Waals surface area contributed by atoms with Gasteiger partial charge in [-0.25, -0.2) is 4.79 Å². The molecule has 0 atom stereocenters. The van der Waals surface area contributed by atoms with Crippen LogP contribution in [0, 0.1) is 0 Å². The first-order valence-electron chi connectivity index (χ1n) is 9.84. The second kappa shape index (κ2) is 9.56. The molecular formula is C22H29N3O5. The molecule has 1 heterocycles. The fourth-order valence-corrected chi connectivity index (χ4v) is 2.80. The summed E-state index contributed by atoms with van der Waals surface area (Å²) < 4.78 is 5.35. The Kier molecular flexibility index (Phi) is 7.37. The van der Waals surface area contributed by atoms with E-state index in [1.807, 2.05) is 0 Å². The standard InChI is InChI=1S/C22H29N3O5/c1-15(20(28)23-18-8-6-17(7-9-18)16(2)26)14-19(27)24-10-12-25(13-11-24)21(29)30-22(3,4)5/h6-9,14H,10-13H2,1-5H3,(H,23,28)/b15-14-. The van der Waals surface area contributed by atoms with E-state index in [-0.39, 0.29) is 17.3 Å². The second-order valence-corrected chi connectivity index (χ2v) is 8.21. The average Bonchev–Trinajstić information content (AvgIpc) is 2.67. The van der Waals surface area contributed by atoms with Crippen molar-refractivity contribution >= 4 is 29.4 Å². The molecule has 0 radical (unpaired) electrons. The third-order valence-electron chi connectivity index (χ3n) is 4.49. The van der Waals surface area contributed by atoms with Crippen LogP contribution in [0.3, 0.4) is 0 Å². The third kappa shape index (κ3) is 6.72. The molecule has 0 aliphatic carbocycles. The number of nitrogens with one attached hydrogen (secondary N) is 1. The van der Waals surface area contributed by atoms with Crippen LogP contribution < -0.4 is 5.32 Å². The quantitative estimate of drug-likeness (QED) is 0.603. The van der Waals surface area contributed by atoms with Crippen molar-refractivity contribution in [3.63, 3.8) is 0 Å². The van der Waals surface area contributed by atoms with Gasteiger partial charge in [0.25, 0.3) is 5.91 Å². The maximum absolute atomic E-state index is 12.5. The van der Waals surface area contributed by atoms with Crippen molar-refractivity contribution in [1.29, 1.82) is 0 Å². The van der Waals surface area contributed by atoms with Gasteiger partial charge in [0.2, 0.25) is 5.91 Å². The van der Waals surface area contributed by atoms with Crippen LogP contribution in [0.5, 0.6) is 0 Å². The van der Waals surface area contributed by atoms with E-state index in [9.17, 15) is 19.2 Å². The zero-order chi connectivity index (χ0) is 22.5. The van der Waals surface area contributed by atoms with Crippen LogP contribution in [0.15, 0.2) is 35.9 Å². The molecule has 0 bridgehead atoms. The predicted octanol–water partition coefficient (Wildman–Crippen LogP) is 2.85. The molecule has 0 spiro atoms. The summed E-state index contributed by atoms with van der Waals surface area (Å²) in [4.78, 5) is 51.4. The van der Waals surface area contributed by atoms with E-state index in [1.165, 1.54) is 13.0 Å². The normalized spacial score (nSPS) is 14.9. The monoisotopic (exact) mass is 415 g/mol. The Morgan fingerprint density at radius 2 is 1.47 bits per heavy atom. The number of ketones is 1. The molecule has 0 unspecified atom stereocenters. The van der Waals surface area contributed by atoms with Gasteiger partial charge in [-0.3, -0.25) is 14.4 Å². The minimum Gasteiger partial charge on any atom is -0.444 e. The smallest absolute Gasteiger partial charge is 0.410 e. The molecule has 0 saturated carbocycles. The maximum Gasteiger partial charge on any atom is 0.410 e. The van der Waals surface area contributed by atoms with Crippen LogP contribution in [0.25, 0.3) is 0 Å². The van der Waals surface area contributed by atoms with Crippen LogP contribution in [0.2, 0.25) is 0 Å². The highest BCUT2D eigenvalue weighted by molar-refractivity contribution is 6.07. The zero-order valence-corrected chi connectivity index (χ0v) is 18.2. The van der Waals surface area contributed by atoms with Crippen molar-refractivity contribution in [3.05, 3.63) is 41.5 Å². The van der Waals surface area contributed by atoms with E-state index in [0.717, 1.165) is 0 Å². The van der Waals surface area contributed by atoms with Crippen LogP contribution in [-0.4, -0.2) is 65.3 Å². The van der Waals surface area contributed by atoms with Gasteiger partial charge in [0.15, 0.2) is 5.78 Å². The number of carbonyl (C=O) groups is 4. The molecule has 3 amide bonds. The van der Waals surface area contributed by atoms with Gasteiger partial charge < -0.3 is 19.9 Å². The number of benzene rings is 1. The fourth-order valence-electron chi connectivity index (χ4n) is 2.80. The number of ether oxygens (including phenoxy) is 1. The molecule has 0 aromatic heterocycles. The molecule has 1 saturated heterocycles. The van der Waals surface area contributed by atoms with Crippen molar-refractivity contribution in [2.24, 2.45) is 0 Å². The molecule has 1 aliphatic heterocycles. The molecule has 162 valence electrons. The van der Waals surface area contributed by atoms with Gasteiger partial charge in [-0.05, 0) is 58.9 Å². The summed E-state index contributed by atoms with van der Waals surface area (Å²) in [7, 11) is 0. The molecule has 1 aromatic carbocycles. The number of rotatable bonds is 4. The van der Waals surface area contributed by atoms with E-state index in [4.69, 9.17) is 4.74 Å². The predicted molar refractivity (Wildman–Crippen MR) is 113 cm³/mol. The Morgan fingerprint density at radius 1 is 0.933 bits per heavy atom. The van der Waals surface area contributed by atoms with Crippen molar-refractivity contribution in [3.8, 4) is 0 Å². The van der Waals surface area contributed by atoms with Gasteiger partial charge in [0.1, 0.15) is 5.60 Å². The first-order chi connectivity index (χ1) is 14.0. The lowest BCUT2D eigenvalue weighted by Gasteiger charge is -2.35. The number of Topliss-reactive ketones (excluding diaryl/α,β-unsaturated/α-hetero) is 1. The first kappa shape index (κ1) is 23.1. The summed E-state index contributed by atoms with van der Waals surface area (Å²) in [5, 5.41) is 2.70. The second-order valence-electron chi connectivity index (χ2n) is 8.21. The lowest BCUT2D eigenvalue weighted by Crippen LogP contribution is -2.51. The van der Waals surface area contributed by atoms with Gasteiger partial charge in [0.05, 0.1) is 0 Å². The number of carbonyl (C=O) groups excluding carboxylic acids is 4. The maximum atomic E-state index is 12.5. The SMILES string of the molecule is CC(=O)c1ccc(NC(=O)/C(C)=C\C(=O)N2CCN(C(=O)OC(C)(C)C)CC2)cc1. The Labute approximate surface area is 176 Å². The van der Waals surface area contributed by atoms with E-state index >= 15 is 0 Å². The summed E-state index contributed by atoms with van der Waals surface area (Å²) in [6.45, 7) is 9.95. The minimum atomic E-state index is -0.566. The Morgan fingerprint density at radius 3 is 1.97 bits per heavy atom. The van der Waals surface area contributed by atoms with E-state index in [1.54, 1.807) is 61.8 Å². The average molecular weight is 415 g/mol. The highest BCUT2D eigenvalue weighted by atomic mass is 16.6. The largest absolute Gasteiger partial charge is 0.444 e. The molecule has 1 aliphatic rings. The van der Waals surface area contributed by atoms with Gasteiger partial charge in [-0.15, -0.1) is 0 Å². The van der Waals surface area contributed by atoms with Crippen molar-refractivity contribution < 1.29 is 23.9 Å². The lowest BCUT2D eigenvalue weighted by molar-refractivity contribution is -0.128. The summed E-state index contributed by atoms with van der Waals surface area (Å²) in [5.41, 5.74) is 0.797. The Bertz CT molecular complexity index is 845. The third-order valence-corrected chi connectivity index (χ3v) is 4.49. The topological polar surface area (TPSA) is 96.0 Å².